The summed E-state index contributed by atoms with van der Waals surface area (Å²) in [6.07, 6.45) is 0.865. The number of para-hydroxylation sites is 2. The fraction of sp³-hybridized carbons (Fsp3) is 0.375. The summed E-state index contributed by atoms with van der Waals surface area (Å²) in [6.45, 7) is 4.14. The third-order valence-electron chi connectivity index (χ3n) is 3.87. The van der Waals surface area contributed by atoms with Crippen molar-refractivity contribution < 1.29 is 0 Å². The Morgan fingerprint density at radius 2 is 2.00 bits per heavy atom. The Kier molecular flexibility index (Phi) is 3.78. The number of aryl methyl sites for hydroxylation is 3. The molecule has 21 heavy (non-hydrogen) atoms. The Morgan fingerprint density at radius 1 is 1.24 bits per heavy atom. The summed E-state index contributed by atoms with van der Waals surface area (Å²) in [7, 11) is 4.09. The van der Waals surface area contributed by atoms with Gasteiger partial charge in [-0.3, -0.25) is 0 Å². The molecule has 1 aromatic carbocycles. The lowest BCUT2D eigenvalue weighted by Crippen LogP contribution is -2.20. The van der Waals surface area contributed by atoms with Crippen LogP contribution in [-0.4, -0.2) is 21.6 Å². The first-order chi connectivity index (χ1) is 10.1. The topological polar surface area (TPSA) is 42.7 Å². The van der Waals surface area contributed by atoms with Gasteiger partial charge in [0.25, 0.3) is 0 Å². The first kappa shape index (κ1) is 14.2. The van der Waals surface area contributed by atoms with E-state index in [0.29, 0.717) is 0 Å². The van der Waals surface area contributed by atoms with Gasteiger partial charge in [0.1, 0.15) is 5.82 Å². The molecule has 1 N–H and O–H groups in total. The summed E-state index contributed by atoms with van der Waals surface area (Å²) in [6, 6.07) is 8.52. The molecule has 4 nitrogen and oxygen atoms in total. The lowest BCUT2D eigenvalue weighted by molar-refractivity contribution is 0.571. The van der Waals surface area contributed by atoms with E-state index in [0.717, 1.165) is 28.5 Å². The van der Waals surface area contributed by atoms with Gasteiger partial charge in [-0.1, -0.05) is 12.1 Å². The highest BCUT2D eigenvalue weighted by molar-refractivity contribution is 7.11. The van der Waals surface area contributed by atoms with Crippen molar-refractivity contribution in [2.75, 3.05) is 7.05 Å². The number of fused-ring (bicyclic) bond motifs is 1. The first-order valence-electron chi connectivity index (χ1n) is 7.11. The molecule has 0 amide bonds. The molecule has 0 spiro atoms. The fourth-order valence-electron chi connectivity index (χ4n) is 2.76. The fourth-order valence-corrected chi connectivity index (χ4v) is 3.79. The predicted molar refractivity (Wildman–Crippen MR) is 87.8 cm³/mol. The van der Waals surface area contributed by atoms with Crippen molar-refractivity contribution in [1.82, 2.24) is 19.9 Å². The average molecular weight is 300 g/mol. The minimum Gasteiger partial charge on any atom is -0.331 e. The van der Waals surface area contributed by atoms with Gasteiger partial charge in [0.05, 0.1) is 27.8 Å². The van der Waals surface area contributed by atoms with Crippen LogP contribution >= 0.6 is 11.3 Å². The average Bonchev–Trinajstić information content (AvgIpc) is 2.97. The summed E-state index contributed by atoms with van der Waals surface area (Å²) >= 11 is 1.77. The van der Waals surface area contributed by atoms with Gasteiger partial charge in [-0.25, -0.2) is 9.97 Å². The molecule has 0 radical (unpaired) electrons. The van der Waals surface area contributed by atoms with E-state index < -0.39 is 0 Å². The van der Waals surface area contributed by atoms with E-state index >= 15 is 0 Å². The highest BCUT2D eigenvalue weighted by Crippen LogP contribution is 2.27. The molecule has 0 aliphatic carbocycles. The third-order valence-corrected chi connectivity index (χ3v) is 5.06. The van der Waals surface area contributed by atoms with Crippen LogP contribution in [0.2, 0.25) is 0 Å². The molecule has 110 valence electrons. The van der Waals surface area contributed by atoms with Crippen LogP contribution in [0.1, 0.15) is 27.4 Å². The standard InChI is InChI=1S/C16H20N4S/c1-10-16(21-11(2)18-10)13(17-3)9-15-19-12-7-5-6-8-14(12)20(15)4/h5-8,13,17H,9H2,1-4H3. The van der Waals surface area contributed by atoms with Crippen molar-refractivity contribution in [2.45, 2.75) is 26.3 Å². The van der Waals surface area contributed by atoms with E-state index in [1.54, 1.807) is 11.3 Å². The van der Waals surface area contributed by atoms with Crippen molar-refractivity contribution in [3.05, 3.63) is 45.7 Å². The van der Waals surface area contributed by atoms with E-state index in [-0.39, 0.29) is 6.04 Å². The highest BCUT2D eigenvalue weighted by Gasteiger charge is 2.19. The molecule has 5 heteroatoms. The number of rotatable bonds is 4. The van der Waals surface area contributed by atoms with Gasteiger partial charge in [0.2, 0.25) is 0 Å². The van der Waals surface area contributed by atoms with Crippen molar-refractivity contribution in [3.63, 3.8) is 0 Å². The highest BCUT2D eigenvalue weighted by atomic mass is 32.1. The maximum atomic E-state index is 4.77. The van der Waals surface area contributed by atoms with E-state index in [1.165, 1.54) is 10.4 Å². The van der Waals surface area contributed by atoms with E-state index in [9.17, 15) is 0 Å². The number of aromatic nitrogens is 3. The second-order valence-electron chi connectivity index (χ2n) is 5.30. The number of hydrogen-bond acceptors (Lipinski definition) is 4. The van der Waals surface area contributed by atoms with E-state index in [4.69, 9.17) is 4.98 Å². The van der Waals surface area contributed by atoms with Gasteiger partial charge >= 0.3 is 0 Å². The summed E-state index contributed by atoms with van der Waals surface area (Å²) in [5.74, 6) is 1.10. The Bertz CT molecular complexity index is 772. The second kappa shape index (κ2) is 5.58. The van der Waals surface area contributed by atoms with Gasteiger partial charge in [-0.2, -0.15) is 0 Å². The first-order valence-corrected chi connectivity index (χ1v) is 7.93. The molecule has 0 aliphatic heterocycles. The zero-order valence-corrected chi connectivity index (χ0v) is 13.7. The second-order valence-corrected chi connectivity index (χ2v) is 6.54. The van der Waals surface area contributed by atoms with Gasteiger partial charge in [0, 0.05) is 18.3 Å². The van der Waals surface area contributed by atoms with Crippen molar-refractivity contribution >= 4 is 22.4 Å². The monoisotopic (exact) mass is 300 g/mol. The molecule has 3 rings (SSSR count). The van der Waals surface area contributed by atoms with Crippen LogP contribution < -0.4 is 5.32 Å². The molecule has 0 saturated heterocycles. The summed E-state index contributed by atoms with van der Waals surface area (Å²) in [5.41, 5.74) is 3.36. The lowest BCUT2D eigenvalue weighted by atomic mass is 10.1. The molecule has 2 heterocycles. The quantitative estimate of drug-likeness (QED) is 0.805. The van der Waals surface area contributed by atoms with Gasteiger partial charge in [0.15, 0.2) is 0 Å². The minimum absolute atomic E-state index is 0.256. The van der Waals surface area contributed by atoms with Crippen LogP contribution in [0.15, 0.2) is 24.3 Å². The molecule has 0 fully saturated rings. The van der Waals surface area contributed by atoms with Crippen LogP contribution in [0.4, 0.5) is 0 Å². The smallest absolute Gasteiger partial charge is 0.111 e. The maximum Gasteiger partial charge on any atom is 0.111 e. The normalized spacial score (nSPS) is 13.0. The van der Waals surface area contributed by atoms with Gasteiger partial charge in [-0.15, -0.1) is 11.3 Å². The molecular formula is C16H20N4S. The molecule has 1 atom stereocenters. The van der Waals surface area contributed by atoms with Crippen LogP contribution in [-0.2, 0) is 13.5 Å². The molecule has 0 bridgehead atoms. The predicted octanol–water partition coefficient (Wildman–Crippen LogP) is 3.15. The molecular weight excluding hydrogens is 280 g/mol. The molecule has 3 aromatic rings. The molecule has 1 unspecified atom stereocenters. The lowest BCUT2D eigenvalue weighted by Gasteiger charge is -2.15. The summed E-state index contributed by atoms with van der Waals surface area (Å²) in [5, 5.41) is 4.53. The summed E-state index contributed by atoms with van der Waals surface area (Å²) < 4.78 is 2.18. The molecule has 0 saturated carbocycles. The summed E-state index contributed by atoms with van der Waals surface area (Å²) in [4.78, 5) is 10.6. The van der Waals surface area contributed by atoms with Gasteiger partial charge in [-0.05, 0) is 33.0 Å². The zero-order valence-electron chi connectivity index (χ0n) is 12.8. The van der Waals surface area contributed by atoms with Crippen LogP contribution in [0, 0.1) is 13.8 Å². The van der Waals surface area contributed by atoms with E-state index in [1.807, 2.05) is 13.1 Å². The number of thiazole rings is 1. The zero-order chi connectivity index (χ0) is 15.0. The van der Waals surface area contributed by atoms with Gasteiger partial charge < -0.3 is 9.88 Å². The number of benzene rings is 1. The number of hydrogen-bond donors (Lipinski definition) is 1. The van der Waals surface area contributed by atoms with E-state index in [2.05, 4.69) is 54.0 Å². The number of imidazole rings is 1. The number of nitrogens with zero attached hydrogens (tertiary/aromatic N) is 3. The minimum atomic E-state index is 0.256. The van der Waals surface area contributed by atoms with Crippen LogP contribution in [0.3, 0.4) is 0 Å². The Labute approximate surface area is 128 Å². The van der Waals surface area contributed by atoms with Crippen molar-refractivity contribution in [3.8, 4) is 0 Å². The van der Waals surface area contributed by atoms with Crippen LogP contribution in [0.25, 0.3) is 11.0 Å². The SMILES string of the molecule is CNC(Cc1nc2ccccc2n1C)c1sc(C)nc1C. The Hall–Kier alpha value is -1.72. The number of nitrogens with one attached hydrogen (secondary N) is 1. The molecule has 0 aliphatic rings. The van der Waals surface area contributed by atoms with Crippen LogP contribution in [0.5, 0.6) is 0 Å². The largest absolute Gasteiger partial charge is 0.331 e. The van der Waals surface area contributed by atoms with Crippen molar-refractivity contribution in [1.29, 1.82) is 0 Å². The Morgan fingerprint density at radius 3 is 2.62 bits per heavy atom. The maximum absolute atomic E-state index is 4.77. The molecule has 2 aromatic heterocycles. The Balaban J connectivity index is 1.96. The van der Waals surface area contributed by atoms with Crippen molar-refractivity contribution in [2.24, 2.45) is 7.05 Å². The number of likely N-dealkylation sites (N-methyl/N-ethyl adjacent to an activating group) is 1. The third kappa shape index (κ3) is 2.59.